The molecule has 1 aliphatic heterocycles. The van der Waals surface area contributed by atoms with E-state index in [-0.39, 0.29) is 0 Å². The molecule has 1 heterocycles. The summed E-state index contributed by atoms with van der Waals surface area (Å²) in [7, 11) is 0. The second-order valence-corrected chi connectivity index (χ2v) is 5.34. The summed E-state index contributed by atoms with van der Waals surface area (Å²) >= 11 is 0. The van der Waals surface area contributed by atoms with Crippen molar-refractivity contribution >= 4 is 5.69 Å². The van der Waals surface area contributed by atoms with Gasteiger partial charge in [-0.1, -0.05) is 12.8 Å². The van der Waals surface area contributed by atoms with Gasteiger partial charge in [0.05, 0.1) is 0 Å². The van der Waals surface area contributed by atoms with Crippen molar-refractivity contribution in [2.24, 2.45) is 5.92 Å². The minimum absolute atomic E-state index is 0.537. The Hall–Kier alpha value is -1.38. The number of hydrogen-bond donors (Lipinski definition) is 1. The van der Waals surface area contributed by atoms with Gasteiger partial charge in [-0.3, -0.25) is 0 Å². The van der Waals surface area contributed by atoms with Crippen molar-refractivity contribution in [3.05, 3.63) is 18.2 Å². The molecule has 1 saturated carbocycles. The highest BCUT2D eigenvalue weighted by atomic mass is 16.6. The molecule has 18 heavy (non-hydrogen) atoms. The van der Waals surface area contributed by atoms with Crippen LogP contribution in [0, 0.1) is 5.92 Å². The van der Waals surface area contributed by atoms with Crippen LogP contribution in [0.5, 0.6) is 11.5 Å². The van der Waals surface area contributed by atoms with E-state index in [1.54, 1.807) is 0 Å². The third-order valence-corrected chi connectivity index (χ3v) is 4.04. The van der Waals surface area contributed by atoms with Crippen LogP contribution in [-0.4, -0.2) is 19.3 Å². The summed E-state index contributed by atoms with van der Waals surface area (Å²) in [5, 5.41) is 3.60. The molecule has 1 unspecified atom stereocenters. The Bertz CT molecular complexity index is 413. The molecule has 0 bridgehead atoms. The molecule has 0 amide bonds. The van der Waals surface area contributed by atoms with Gasteiger partial charge in [-0.05, 0) is 37.8 Å². The average molecular weight is 247 g/mol. The van der Waals surface area contributed by atoms with Crippen LogP contribution in [0.1, 0.15) is 32.6 Å². The molecule has 3 heteroatoms. The van der Waals surface area contributed by atoms with Crippen LogP contribution in [0.4, 0.5) is 5.69 Å². The topological polar surface area (TPSA) is 30.5 Å². The van der Waals surface area contributed by atoms with Gasteiger partial charge in [0.15, 0.2) is 11.5 Å². The number of fused-ring (bicyclic) bond motifs is 1. The first-order chi connectivity index (χ1) is 8.83. The molecule has 0 spiro atoms. The van der Waals surface area contributed by atoms with E-state index in [0.717, 1.165) is 23.1 Å². The lowest BCUT2D eigenvalue weighted by Gasteiger charge is -2.23. The normalized spacial score (nSPS) is 20.7. The van der Waals surface area contributed by atoms with E-state index in [1.807, 2.05) is 6.07 Å². The van der Waals surface area contributed by atoms with Gasteiger partial charge >= 0.3 is 0 Å². The van der Waals surface area contributed by atoms with Gasteiger partial charge in [-0.2, -0.15) is 0 Å². The number of rotatable bonds is 3. The molecular formula is C15H21NO2. The van der Waals surface area contributed by atoms with Gasteiger partial charge in [0.25, 0.3) is 0 Å². The van der Waals surface area contributed by atoms with Crippen LogP contribution in [0.2, 0.25) is 0 Å². The number of benzene rings is 1. The van der Waals surface area contributed by atoms with Gasteiger partial charge in [-0.15, -0.1) is 0 Å². The van der Waals surface area contributed by atoms with Gasteiger partial charge in [-0.25, -0.2) is 0 Å². The van der Waals surface area contributed by atoms with Gasteiger partial charge < -0.3 is 14.8 Å². The van der Waals surface area contributed by atoms with E-state index in [1.165, 1.54) is 25.7 Å². The molecule has 0 aromatic heterocycles. The third kappa shape index (κ3) is 2.40. The van der Waals surface area contributed by atoms with Crippen molar-refractivity contribution in [2.45, 2.75) is 38.6 Å². The molecule has 1 aromatic rings. The van der Waals surface area contributed by atoms with Gasteiger partial charge in [0.2, 0.25) is 0 Å². The summed E-state index contributed by atoms with van der Waals surface area (Å²) < 4.78 is 11.1. The number of ether oxygens (including phenoxy) is 2. The van der Waals surface area contributed by atoms with E-state index in [9.17, 15) is 0 Å². The number of anilines is 1. The summed E-state index contributed by atoms with van der Waals surface area (Å²) in [6.07, 6.45) is 5.49. The Kier molecular flexibility index (Phi) is 3.31. The number of nitrogens with one attached hydrogen (secondary N) is 1. The van der Waals surface area contributed by atoms with Gasteiger partial charge in [0, 0.05) is 17.8 Å². The van der Waals surface area contributed by atoms with Crippen LogP contribution in [0.15, 0.2) is 18.2 Å². The quantitative estimate of drug-likeness (QED) is 0.887. The van der Waals surface area contributed by atoms with Crippen molar-refractivity contribution in [3.63, 3.8) is 0 Å². The molecule has 1 aromatic carbocycles. The van der Waals surface area contributed by atoms with Crippen molar-refractivity contribution in [1.29, 1.82) is 0 Å². The van der Waals surface area contributed by atoms with E-state index in [0.29, 0.717) is 19.3 Å². The van der Waals surface area contributed by atoms with Crippen LogP contribution in [0.3, 0.4) is 0 Å². The van der Waals surface area contributed by atoms with Crippen LogP contribution < -0.4 is 14.8 Å². The Morgan fingerprint density at radius 3 is 2.61 bits per heavy atom. The van der Waals surface area contributed by atoms with E-state index < -0.39 is 0 Å². The molecule has 0 saturated heterocycles. The zero-order chi connectivity index (χ0) is 12.4. The molecule has 1 N–H and O–H groups in total. The summed E-state index contributed by atoms with van der Waals surface area (Å²) in [5.74, 6) is 2.54. The highest BCUT2D eigenvalue weighted by Crippen LogP contribution is 2.34. The number of hydrogen-bond acceptors (Lipinski definition) is 3. The molecular weight excluding hydrogens is 226 g/mol. The van der Waals surface area contributed by atoms with Gasteiger partial charge in [0.1, 0.15) is 13.2 Å². The molecule has 3 rings (SSSR count). The predicted molar refractivity (Wildman–Crippen MR) is 72.5 cm³/mol. The predicted octanol–water partition coefficient (Wildman–Crippen LogP) is 3.45. The SMILES string of the molecule is CC(Nc1ccc2c(c1)OCCO2)C1CCCC1. The second kappa shape index (κ2) is 5.09. The highest BCUT2D eigenvalue weighted by molar-refractivity contribution is 5.55. The zero-order valence-corrected chi connectivity index (χ0v) is 10.9. The van der Waals surface area contributed by atoms with E-state index in [2.05, 4.69) is 24.4 Å². The van der Waals surface area contributed by atoms with Crippen molar-refractivity contribution in [3.8, 4) is 11.5 Å². The molecule has 3 nitrogen and oxygen atoms in total. The summed E-state index contributed by atoms with van der Waals surface area (Å²) in [4.78, 5) is 0. The van der Waals surface area contributed by atoms with Crippen molar-refractivity contribution in [1.82, 2.24) is 0 Å². The maximum Gasteiger partial charge on any atom is 0.163 e. The molecule has 1 fully saturated rings. The first-order valence-electron chi connectivity index (χ1n) is 6.99. The minimum atomic E-state index is 0.537. The largest absolute Gasteiger partial charge is 0.486 e. The maximum atomic E-state index is 5.61. The highest BCUT2D eigenvalue weighted by Gasteiger charge is 2.21. The monoisotopic (exact) mass is 247 g/mol. The fourth-order valence-electron chi connectivity index (χ4n) is 2.97. The smallest absolute Gasteiger partial charge is 0.163 e. The summed E-state index contributed by atoms with van der Waals surface area (Å²) in [6.45, 7) is 3.58. The lowest BCUT2D eigenvalue weighted by molar-refractivity contribution is 0.171. The Labute approximate surface area is 108 Å². The lowest BCUT2D eigenvalue weighted by atomic mass is 9.99. The molecule has 2 aliphatic rings. The summed E-state index contributed by atoms with van der Waals surface area (Å²) in [6, 6.07) is 6.67. The first-order valence-corrected chi connectivity index (χ1v) is 6.99. The van der Waals surface area contributed by atoms with Crippen LogP contribution in [0.25, 0.3) is 0 Å². The molecule has 1 atom stereocenters. The maximum absolute atomic E-state index is 5.61. The van der Waals surface area contributed by atoms with Crippen molar-refractivity contribution < 1.29 is 9.47 Å². The Morgan fingerprint density at radius 1 is 1.11 bits per heavy atom. The zero-order valence-electron chi connectivity index (χ0n) is 10.9. The van der Waals surface area contributed by atoms with Crippen LogP contribution >= 0.6 is 0 Å². The fraction of sp³-hybridized carbons (Fsp3) is 0.600. The van der Waals surface area contributed by atoms with E-state index in [4.69, 9.17) is 9.47 Å². The molecule has 1 aliphatic carbocycles. The summed E-state index contributed by atoms with van der Waals surface area (Å²) in [5.41, 5.74) is 1.14. The molecule has 98 valence electrons. The molecule has 0 radical (unpaired) electrons. The van der Waals surface area contributed by atoms with Crippen LogP contribution in [-0.2, 0) is 0 Å². The standard InChI is InChI=1S/C15H21NO2/c1-11(12-4-2-3-5-12)16-13-6-7-14-15(10-13)18-9-8-17-14/h6-7,10-12,16H,2-5,8-9H2,1H3. The third-order valence-electron chi connectivity index (χ3n) is 4.04. The van der Waals surface area contributed by atoms with Crippen molar-refractivity contribution in [2.75, 3.05) is 18.5 Å². The van der Waals surface area contributed by atoms with E-state index >= 15 is 0 Å². The fourth-order valence-corrected chi connectivity index (χ4v) is 2.97. The average Bonchev–Trinajstić information content (AvgIpc) is 2.92. The first kappa shape index (κ1) is 11.7. The Morgan fingerprint density at radius 2 is 1.83 bits per heavy atom. The minimum Gasteiger partial charge on any atom is -0.486 e. The second-order valence-electron chi connectivity index (χ2n) is 5.34. The Balaban J connectivity index is 1.68. The lowest BCUT2D eigenvalue weighted by Crippen LogP contribution is -2.24.